The Kier molecular flexibility index (Phi) is 7.33. The average Bonchev–Trinajstić information content (AvgIpc) is 3.31. The molecule has 0 atom stereocenters. The third kappa shape index (κ3) is 5.02. The Morgan fingerprint density at radius 3 is 1.30 bits per heavy atom. The zero-order valence-electron chi connectivity index (χ0n) is 21.4. The van der Waals surface area contributed by atoms with Gasteiger partial charge in [-0.1, -0.05) is 122 Å². The lowest BCUT2D eigenvalue weighted by Gasteiger charge is -2.39. The summed E-state index contributed by atoms with van der Waals surface area (Å²) < 4.78 is 7.11. The van der Waals surface area contributed by atoms with Crippen molar-refractivity contribution >= 4 is 116 Å². The number of hydrogen-bond donors (Lipinski definition) is 1. The third-order valence-corrected chi connectivity index (χ3v) is 14.9. The Morgan fingerprint density at radius 2 is 0.919 bits per heavy atom. The number of hydrogen-bond acceptors (Lipinski definition) is 0. The van der Waals surface area contributed by atoms with Crippen molar-refractivity contribution in [2.45, 2.75) is 38.9 Å². The van der Waals surface area contributed by atoms with Gasteiger partial charge in [-0.15, -0.1) is 0 Å². The zero-order valence-corrected chi connectivity index (χ0v) is 28.7. The molecule has 2 aromatic heterocycles. The molecule has 6 aromatic rings. The molecule has 0 aliphatic carbocycles. The molecular weight excluding hydrogens is 736 g/mol. The Bertz CT molecular complexity index is 1680. The molecule has 0 spiro atoms. The van der Waals surface area contributed by atoms with Gasteiger partial charge in [-0.25, -0.2) is 0 Å². The van der Waals surface area contributed by atoms with Crippen LogP contribution in [0.25, 0.3) is 43.6 Å². The van der Waals surface area contributed by atoms with Crippen LogP contribution in [0.3, 0.4) is 0 Å². The molecule has 0 saturated carbocycles. The van der Waals surface area contributed by atoms with Crippen LogP contribution in [0.2, 0.25) is 18.1 Å². The Hall–Kier alpha value is -1.38. The lowest BCUT2D eigenvalue weighted by atomic mass is 10.2. The molecule has 0 bridgehead atoms. The fourth-order valence-corrected chi connectivity index (χ4v) is 8.42. The van der Waals surface area contributed by atoms with Crippen molar-refractivity contribution in [1.82, 2.24) is 9.22 Å². The summed E-state index contributed by atoms with van der Waals surface area (Å²) in [5, 5.41) is 5.49. The maximum absolute atomic E-state index is 3.65. The molecule has 0 aliphatic rings. The molecule has 190 valence electrons. The van der Waals surface area contributed by atoms with Crippen LogP contribution in [0, 0.1) is 0 Å². The predicted octanol–water partition coefficient (Wildman–Crippen LogP) is 12.0. The summed E-state index contributed by atoms with van der Waals surface area (Å²) in [4.78, 5) is 3.40. The SMILES string of the molecule is Brc1ccc2c(c1)[nH]c1cc(Br)ccc12.CC(C)(C)[Si](C)(C)n1c2cc(Br)ccc2c2ccc(Br)cc21. The van der Waals surface area contributed by atoms with Gasteiger partial charge >= 0.3 is 0 Å². The summed E-state index contributed by atoms with van der Waals surface area (Å²) in [5.41, 5.74) is 5.01. The molecule has 6 rings (SSSR count). The van der Waals surface area contributed by atoms with Crippen molar-refractivity contribution in [1.29, 1.82) is 0 Å². The Balaban J connectivity index is 0.000000162. The maximum Gasteiger partial charge on any atom is 0.161 e. The highest BCUT2D eigenvalue weighted by Gasteiger charge is 2.39. The molecule has 7 heteroatoms. The van der Waals surface area contributed by atoms with E-state index in [9.17, 15) is 0 Å². The molecule has 0 radical (unpaired) electrons. The minimum absolute atomic E-state index is 0.274. The molecule has 0 fully saturated rings. The van der Waals surface area contributed by atoms with Crippen LogP contribution < -0.4 is 0 Å². The van der Waals surface area contributed by atoms with E-state index in [1.807, 2.05) is 0 Å². The van der Waals surface area contributed by atoms with Crippen molar-refractivity contribution in [3.8, 4) is 0 Å². The summed E-state index contributed by atoms with van der Waals surface area (Å²) in [7, 11) is -1.73. The molecular formula is C30H28Br4N2Si. The van der Waals surface area contributed by atoms with Crippen LogP contribution in [0.15, 0.2) is 90.7 Å². The smallest absolute Gasteiger partial charge is 0.161 e. The van der Waals surface area contributed by atoms with Gasteiger partial charge in [0, 0.05) is 61.5 Å². The van der Waals surface area contributed by atoms with E-state index in [0.29, 0.717) is 0 Å². The van der Waals surface area contributed by atoms with E-state index in [-0.39, 0.29) is 5.04 Å². The van der Waals surface area contributed by atoms with Gasteiger partial charge in [0.15, 0.2) is 8.24 Å². The van der Waals surface area contributed by atoms with Gasteiger partial charge in [-0.05, 0) is 53.6 Å². The molecule has 0 unspecified atom stereocenters. The minimum Gasteiger partial charge on any atom is -0.368 e. The van der Waals surface area contributed by atoms with Crippen LogP contribution in [-0.4, -0.2) is 17.5 Å². The van der Waals surface area contributed by atoms with Crippen LogP contribution >= 0.6 is 63.7 Å². The first-order valence-electron chi connectivity index (χ1n) is 12.1. The predicted molar refractivity (Wildman–Crippen MR) is 179 cm³/mol. The fraction of sp³-hybridized carbons (Fsp3) is 0.200. The molecule has 1 N–H and O–H groups in total. The molecule has 0 saturated heterocycles. The molecule has 2 heterocycles. The quantitative estimate of drug-likeness (QED) is 0.161. The first-order valence-corrected chi connectivity index (χ1v) is 18.2. The Morgan fingerprint density at radius 1 is 0.568 bits per heavy atom. The van der Waals surface area contributed by atoms with Crippen molar-refractivity contribution in [2.75, 3.05) is 0 Å². The van der Waals surface area contributed by atoms with Crippen molar-refractivity contribution in [2.24, 2.45) is 0 Å². The lowest BCUT2D eigenvalue weighted by Crippen LogP contribution is -2.45. The highest BCUT2D eigenvalue weighted by molar-refractivity contribution is 9.11. The number of benzene rings is 4. The lowest BCUT2D eigenvalue weighted by molar-refractivity contribution is 0.705. The largest absolute Gasteiger partial charge is 0.368 e. The summed E-state index contributed by atoms with van der Waals surface area (Å²) in [6.07, 6.45) is 0. The second kappa shape index (κ2) is 9.98. The highest BCUT2D eigenvalue weighted by Crippen LogP contribution is 2.43. The van der Waals surface area contributed by atoms with Crippen LogP contribution in [0.1, 0.15) is 20.8 Å². The van der Waals surface area contributed by atoms with E-state index in [1.54, 1.807) is 0 Å². The first-order chi connectivity index (χ1) is 17.4. The molecule has 0 aliphatic heterocycles. The number of halogens is 4. The van der Waals surface area contributed by atoms with Crippen LogP contribution in [-0.2, 0) is 0 Å². The molecule has 4 aromatic carbocycles. The van der Waals surface area contributed by atoms with Crippen LogP contribution in [0.5, 0.6) is 0 Å². The standard InChI is InChI=1S/C18H21Br2NSi.C12H7Br2N/c1-18(2,3)22(4,5)21-16-10-12(19)6-8-14(16)15-9-7-13(20)11-17(15)21;13-7-1-3-9-10-4-2-8(14)6-12(10)15-11(9)5-7/h6-11H,1-5H3;1-6,15H. The van der Waals surface area contributed by atoms with Crippen molar-refractivity contribution < 1.29 is 0 Å². The third-order valence-electron chi connectivity index (χ3n) is 7.61. The maximum atomic E-state index is 3.65. The molecule has 37 heavy (non-hydrogen) atoms. The average molecular weight is 764 g/mol. The van der Waals surface area contributed by atoms with Crippen molar-refractivity contribution in [3.05, 3.63) is 90.7 Å². The normalized spacial score (nSPS) is 12.5. The van der Waals surface area contributed by atoms with Gasteiger partial charge in [0.1, 0.15) is 0 Å². The molecule has 0 amide bonds. The summed E-state index contributed by atoms with van der Waals surface area (Å²) in [5.74, 6) is 0. The van der Waals surface area contributed by atoms with Gasteiger partial charge in [0.2, 0.25) is 0 Å². The molecule has 2 nitrogen and oxygen atoms in total. The van der Waals surface area contributed by atoms with E-state index < -0.39 is 8.24 Å². The zero-order chi connectivity index (χ0) is 26.7. The number of nitrogens with zero attached hydrogens (tertiary/aromatic N) is 1. The van der Waals surface area contributed by atoms with Crippen LogP contribution in [0.4, 0.5) is 0 Å². The topological polar surface area (TPSA) is 20.7 Å². The second-order valence-corrected chi connectivity index (χ2v) is 19.7. The number of nitrogens with one attached hydrogen (secondary N) is 1. The van der Waals surface area contributed by atoms with Gasteiger partial charge in [-0.3, -0.25) is 0 Å². The second-order valence-electron chi connectivity index (χ2n) is 11.0. The van der Waals surface area contributed by atoms with E-state index in [0.717, 1.165) is 28.9 Å². The fourth-order valence-electron chi connectivity index (χ4n) is 4.76. The summed E-state index contributed by atoms with van der Waals surface area (Å²) in [6, 6.07) is 25.9. The first kappa shape index (κ1) is 27.2. The summed E-state index contributed by atoms with van der Waals surface area (Å²) >= 11 is 14.2. The number of aromatic nitrogens is 2. The number of rotatable bonds is 1. The van der Waals surface area contributed by atoms with Gasteiger partial charge < -0.3 is 9.22 Å². The van der Waals surface area contributed by atoms with Gasteiger partial charge in [-0.2, -0.15) is 0 Å². The highest BCUT2D eigenvalue weighted by atomic mass is 79.9. The van der Waals surface area contributed by atoms with Gasteiger partial charge in [0.25, 0.3) is 0 Å². The van der Waals surface area contributed by atoms with E-state index in [4.69, 9.17) is 0 Å². The van der Waals surface area contributed by atoms with E-state index in [2.05, 4.69) is 180 Å². The monoisotopic (exact) mass is 760 g/mol. The van der Waals surface area contributed by atoms with E-state index >= 15 is 0 Å². The summed E-state index contributed by atoms with van der Waals surface area (Å²) in [6.45, 7) is 12.0. The minimum atomic E-state index is -1.73. The number of H-pyrrole nitrogens is 1. The number of fused-ring (bicyclic) bond motifs is 6. The van der Waals surface area contributed by atoms with Gasteiger partial charge in [0.05, 0.1) is 0 Å². The number of aromatic amines is 1. The van der Waals surface area contributed by atoms with Crippen molar-refractivity contribution in [3.63, 3.8) is 0 Å². The van der Waals surface area contributed by atoms with E-state index in [1.165, 1.54) is 32.6 Å². The Labute approximate surface area is 252 Å².